The van der Waals surface area contributed by atoms with Gasteiger partial charge in [0, 0.05) is 11.1 Å². The van der Waals surface area contributed by atoms with Gasteiger partial charge in [-0.25, -0.2) is 0 Å². The Labute approximate surface area is 114 Å². The molecule has 0 saturated heterocycles. The first-order chi connectivity index (χ1) is 9.65. The molecule has 0 radical (unpaired) electrons. The number of rotatable bonds is 3. The summed E-state index contributed by atoms with van der Waals surface area (Å²) < 4.78 is 10.6. The summed E-state index contributed by atoms with van der Waals surface area (Å²) in [5, 5.41) is 8.93. The number of benzene rings is 1. The molecule has 1 unspecified atom stereocenters. The molecule has 1 aliphatic rings. The molecule has 1 N–H and O–H groups in total. The summed E-state index contributed by atoms with van der Waals surface area (Å²) in [4.78, 5) is 22.6. The van der Waals surface area contributed by atoms with E-state index in [4.69, 9.17) is 14.3 Å². The number of hydrogen-bond donors (Lipinski definition) is 1. The molecule has 0 bridgehead atoms. The van der Waals surface area contributed by atoms with Crippen LogP contribution in [0.1, 0.15) is 29.2 Å². The van der Waals surface area contributed by atoms with Gasteiger partial charge in [0.15, 0.2) is 0 Å². The van der Waals surface area contributed by atoms with E-state index in [1.54, 1.807) is 30.5 Å². The molecule has 0 amide bonds. The number of carbonyl (C=O) groups excluding carboxylic acids is 1. The lowest BCUT2D eigenvalue weighted by Crippen LogP contribution is -2.22. The second kappa shape index (κ2) is 4.85. The highest BCUT2D eigenvalue weighted by atomic mass is 16.5. The Morgan fingerprint density at radius 1 is 1.30 bits per heavy atom. The molecule has 0 spiro atoms. The fraction of sp³-hybridized carbons (Fsp3) is 0.200. The standard InChI is InChI=1S/C15H12O5/c16-13(17)7-9-3-1-4-10-11(12-5-2-6-19-12)8-14(18)20-15(9)10/h1-6,11H,7-8H2,(H,16,17). The van der Waals surface area contributed by atoms with Crippen LogP contribution in [0.25, 0.3) is 0 Å². The minimum Gasteiger partial charge on any atom is -0.481 e. The van der Waals surface area contributed by atoms with Crippen molar-refractivity contribution in [3.8, 4) is 5.75 Å². The van der Waals surface area contributed by atoms with Gasteiger partial charge < -0.3 is 14.3 Å². The van der Waals surface area contributed by atoms with E-state index in [0.717, 1.165) is 5.56 Å². The van der Waals surface area contributed by atoms with Crippen LogP contribution in [-0.2, 0) is 16.0 Å². The second-order valence-corrected chi connectivity index (χ2v) is 4.65. The van der Waals surface area contributed by atoms with Gasteiger partial charge in [-0.05, 0) is 12.1 Å². The van der Waals surface area contributed by atoms with Gasteiger partial charge >= 0.3 is 11.9 Å². The van der Waals surface area contributed by atoms with Crippen molar-refractivity contribution in [1.29, 1.82) is 0 Å². The average molecular weight is 272 g/mol. The van der Waals surface area contributed by atoms with Gasteiger partial charge in [0.05, 0.1) is 25.0 Å². The van der Waals surface area contributed by atoms with Gasteiger partial charge in [0.2, 0.25) is 0 Å². The second-order valence-electron chi connectivity index (χ2n) is 4.65. The van der Waals surface area contributed by atoms with Gasteiger partial charge in [-0.2, -0.15) is 0 Å². The van der Waals surface area contributed by atoms with E-state index in [1.165, 1.54) is 0 Å². The van der Waals surface area contributed by atoms with Crippen LogP contribution in [-0.4, -0.2) is 17.0 Å². The number of esters is 1. The molecular formula is C15H12O5. The summed E-state index contributed by atoms with van der Waals surface area (Å²) >= 11 is 0. The van der Waals surface area contributed by atoms with E-state index in [0.29, 0.717) is 17.1 Å². The highest BCUT2D eigenvalue weighted by Gasteiger charge is 2.31. The van der Waals surface area contributed by atoms with E-state index >= 15 is 0 Å². The summed E-state index contributed by atoms with van der Waals surface area (Å²) in [5.41, 5.74) is 1.29. The van der Waals surface area contributed by atoms with Crippen molar-refractivity contribution in [1.82, 2.24) is 0 Å². The van der Waals surface area contributed by atoms with Crippen LogP contribution in [0.3, 0.4) is 0 Å². The molecule has 2 heterocycles. The van der Waals surface area contributed by atoms with E-state index in [1.807, 2.05) is 6.07 Å². The Bertz CT molecular complexity index is 657. The third-order valence-electron chi connectivity index (χ3n) is 3.32. The lowest BCUT2D eigenvalue weighted by Gasteiger charge is -2.24. The normalized spacial score (nSPS) is 17.4. The quantitative estimate of drug-likeness (QED) is 0.685. The van der Waals surface area contributed by atoms with Crippen molar-refractivity contribution in [2.75, 3.05) is 0 Å². The number of carboxylic acid groups (broad SMARTS) is 1. The molecule has 0 saturated carbocycles. The maximum Gasteiger partial charge on any atom is 0.312 e. The topological polar surface area (TPSA) is 76.7 Å². The minimum atomic E-state index is -0.963. The third kappa shape index (κ3) is 2.18. The molecule has 102 valence electrons. The van der Waals surface area contributed by atoms with Crippen molar-refractivity contribution >= 4 is 11.9 Å². The average Bonchev–Trinajstić information content (AvgIpc) is 2.92. The van der Waals surface area contributed by atoms with E-state index in [2.05, 4.69) is 0 Å². The van der Waals surface area contributed by atoms with Gasteiger partial charge in [-0.15, -0.1) is 0 Å². The first kappa shape index (κ1) is 12.5. The summed E-state index contributed by atoms with van der Waals surface area (Å²) in [6, 6.07) is 8.82. The Morgan fingerprint density at radius 3 is 2.85 bits per heavy atom. The van der Waals surface area contributed by atoms with Crippen LogP contribution in [0.5, 0.6) is 5.75 Å². The van der Waals surface area contributed by atoms with E-state index < -0.39 is 5.97 Å². The Morgan fingerprint density at radius 2 is 2.15 bits per heavy atom. The molecule has 2 aromatic rings. The molecule has 1 aromatic carbocycles. The molecule has 20 heavy (non-hydrogen) atoms. The van der Waals surface area contributed by atoms with E-state index in [9.17, 15) is 9.59 Å². The van der Waals surface area contributed by atoms with Gasteiger partial charge in [0.1, 0.15) is 11.5 Å². The maximum absolute atomic E-state index is 11.8. The molecule has 0 fully saturated rings. The fourth-order valence-corrected chi connectivity index (χ4v) is 2.48. The zero-order chi connectivity index (χ0) is 14.1. The number of fused-ring (bicyclic) bond motifs is 1. The molecule has 1 aromatic heterocycles. The smallest absolute Gasteiger partial charge is 0.312 e. The molecule has 0 aliphatic carbocycles. The van der Waals surface area contributed by atoms with Crippen LogP contribution in [0.4, 0.5) is 0 Å². The van der Waals surface area contributed by atoms with Crippen LogP contribution < -0.4 is 4.74 Å². The predicted octanol–water partition coefficient (Wildman–Crippen LogP) is 2.35. The molecule has 3 rings (SSSR count). The van der Waals surface area contributed by atoms with Crippen molar-refractivity contribution in [3.63, 3.8) is 0 Å². The Balaban J connectivity index is 2.09. The number of carboxylic acids is 1. The summed E-state index contributed by atoms with van der Waals surface area (Å²) in [5.74, 6) is -0.538. The molecule has 5 nitrogen and oxygen atoms in total. The lowest BCUT2D eigenvalue weighted by molar-refractivity contribution is -0.138. The number of ether oxygens (including phenoxy) is 1. The molecule has 5 heteroatoms. The predicted molar refractivity (Wildman–Crippen MR) is 68.6 cm³/mol. The molecule has 1 atom stereocenters. The number of hydrogen-bond acceptors (Lipinski definition) is 4. The van der Waals surface area contributed by atoms with Gasteiger partial charge in [-0.3, -0.25) is 9.59 Å². The SMILES string of the molecule is O=C(O)Cc1cccc2c1OC(=O)CC2c1ccco1. The number of para-hydroxylation sites is 1. The largest absolute Gasteiger partial charge is 0.481 e. The van der Waals surface area contributed by atoms with Crippen molar-refractivity contribution in [2.45, 2.75) is 18.8 Å². The summed E-state index contributed by atoms with van der Waals surface area (Å²) in [6.45, 7) is 0. The zero-order valence-corrected chi connectivity index (χ0v) is 10.5. The first-order valence-electron chi connectivity index (χ1n) is 6.23. The molecule has 1 aliphatic heterocycles. The number of furan rings is 1. The van der Waals surface area contributed by atoms with Crippen molar-refractivity contribution in [3.05, 3.63) is 53.5 Å². The highest BCUT2D eigenvalue weighted by Crippen LogP contribution is 2.40. The first-order valence-corrected chi connectivity index (χ1v) is 6.23. The zero-order valence-electron chi connectivity index (χ0n) is 10.5. The van der Waals surface area contributed by atoms with Crippen LogP contribution in [0.2, 0.25) is 0 Å². The third-order valence-corrected chi connectivity index (χ3v) is 3.32. The molecular weight excluding hydrogens is 260 g/mol. The monoisotopic (exact) mass is 272 g/mol. The van der Waals surface area contributed by atoms with E-state index in [-0.39, 0.29) is 24.7 Å². The van der Waals surface area contributed by atoms with Crippen molar-refractivity contribution < 1.29 is 23.8 Å². The number of carbonyl (C=O) groups is 2. The highest BCUT2D eigenvalue weighted by molar-refractivity contribution is 5.79. The Kier molecular flexibility index (Phi) is 3.02. The van der Waals surface area contributed by atoms with Crippen LogP contribution in [0.15, 0.2) is 41.0 Å². The summed E-state index contributed by atoms with van der Waals surface area (Å²) in [7, 11) is 0. The van der Waals surface area contributed by atoms with Crippen LogP contribution in [0, 0.1) is 0 Å². The van der Waals surface area contributed by atoms with Crippen LogP contribution >= 0.6 is 0 Å². The lowest BCUT2D eigenvalue weighted by atomic mass is 9.88. The van der Waals surface area contributed by atoms with Gasteiger partial charge in [-0.1, -0.05) is 18.2 Å². The fourth-order valence-electron chi connectivity index (χ4n) is 2.48. The Hall–Kier alpha value is -2.56. The van der Waals surface area contributed by atoms with Crippen molar-refractivity contribution in [2.24, 2.45) is 0 Å². The maximum atomic E-state index is 11.8. The minimum absolute atomic E-state index is 0.179. The summed E-state index contributed by atoms with van der Waals surface area (Å²) in [6.07, 6.45) is 1.56. The van der Waals surface area contributed by atoms with Gasteiger partial charge in [0.25, 0.3) is 0 Å². The number of aliphatic carboxylic acids is 1.